The quantitative estimate of drug-likeness (QED) is 0.281. The fraction of sp³-hybridized carbons (Fsp3) is 0.533. The third-order valence-electron chi connectivity index (χ3n) is 9.78. The number of Topliss-reactive ketones (excluding diaryl/α,β-unsaturated/α-hetero) is 1. The van der Waals surface area contributed by atoms with Gasteiger partial charge in [-0.15, -0.1) is 0 Å². The molecule has 2 aromatic rings. The van der Waals surface area contributed by atoms with Crippen molar-refractivity contribution in [1.82, 2.24) is 5.32 Å². The molecule has 3 N–H and O–H groups in total. The van der Waals surface area contributed by atoms with Gasteiger partial charge in [0.2, 0.25) is 5.91 Å². The Balaban J connectivity index is 1.52. The van der Waals surface area contributed by atoms with Gasteiger partial charge < -0.3 is 15.2 Å². The monoisotopic (exact) mass is 628 g/mol. The summed E-state index contributed by atoms with van der Waals surface area (Å²) in [6.07, 6.45) is 0.508. The van der Waals surface area contributed by atoms with Crippen LogP contribution in [0, 0.1) is 23.0 Å². The van der Waals surface area contributed by atoms with Crippen molar-refractivity contribution in [2.45, 2.75) is 61.1 Å². The number of benzene rings is 2. The molecule has 6 nitrogen and oxygen atoms in total. The highest BCUT2D eigenvalue weighted by Crippen LogP contribution is 2.68. The molecule has 0 unspecified atom stereocenters. The van der Waals surface area contributed by atoms with Crippen LogP contribution in [0.4, 0.5) is 23.2 Å². The largest absolute Gasteiger partial charge is 0.394 e. The van der Waals surface area contributed by atoms with Crippen LogP contribution in [0.1, 0.15) is 49.1 Å². The molecule has 5 atom stereocenters. The maximum absolute atomic E-state index is 15.9. The third-order valence-corrected chi connectivity index (χ3v) is 10.3. The van der Waals surface area contributed by atoms with Crippen LogP contribution in [-0.2, 0) is 19.7 Å². The Morgan fingerprint density at radius 3 is 2.48 bits per heavy atom. The first-order valence-electron chi connectivity index (χ1n) is 13.9. The van der Waals surface area contributed by atoms with E-state index in [0.717, 1.165) is 12.1 Å². The van der Waals surface area contributed by atoms with Crippen molar-refractivity contribution in [2.75, 3.05) is 31.9 Å². The number of anilines is 1. The molecule has 3 aliphatic heterocycles. The number of hydrogen-bond donors (Lipinski definition) is 3. The van der Waals surface area contributed by atoms with Gasteiger partial charge in [0.1, 0.15) is 17.0 Å². The van der Waals surface area contributed by atoms with E-state index in [-0.39, 0.29) is 55.8 Å². The van der Waals surface area contributed by atoms with Crippen molar-refractivity contribution < 1.29 is 37.0 Å². The van der Waals surface area contributed by atoms with Gasteiger partial charge in [0.15, 0.2) is 5.78 Å². The minimum atomic E-state index is -1.75. The first kappa shape index (κ1) is 29.8. The second kappa shape index (κ2) is 10.7. The van der Waals surface area contributed by atoms with Crippen molar-refractivity contribution in [2.24, 2.45) is 11.3 Å². The molecule has 0 bridgehead atoms. The van der Waals surface area contributed by atoms with Gasteiger partial charge in [-0.05, 0) is 67.0 Å². The summed E-state index contributed by atoms with van der Waals surface area (Å²) in [7, 11) is 0. The van der Waals surface area contributed by atoms with Gasteiger partial charge in [-0.3, -0.25) is 23.7 Å². The normalized spacial score (nSPS) is 30.8. The van der Waals surface area contributed by atoms with Crippen molar-refractivity contribution in [1.29, 1.82) is 0 Å². The average molecular weight is 629 g/mol. The second-order valence-electron chi connectivity index (χ2n) is 12.3. The summed E-state index contributed by atoms with van der Waals surface area (Å²) in [5.74, 6) is -4.35. The molecule has 1 saturated carbocycles. The number of fused-ring (bicyclic) bond motifs is 3. The predicted octanol–water partition coefficient (Wildman–Crippen LogP) is 5.42. The minimum Gasteiger partial charge on any atom is -0.394 e. The van der Waals surface area contributed by atoms with Gasteiger partial charge in [-0.1, -0.05) is 29.3 Å². The van der Waals surface area contributed by atoms with E-state index in [1.54, 1.807) is 12.1 Å². The van der Waals surface area contributed by atoms with Gasteiger partial charge in [-0.2, -0.15) is 0 Å². The fourth-order valence-corrected chi connectivity index (χ4v) is 8.41. The summed E-state index contributed by atoms with van der Waals surface area (Å²) in [5, 5.41) is 15.3. The summed E-state index contributed by atoms with van der Waals surface area (Å²) in [5.41, 5.74) is -4.09. The van der Waals surface area contributed by atoms with Gasteiger partial charge in [0.05, 0.1) is 43.7 Å². The van der Waals surface area contributed by atoms with Crippen LogP contribution in [0.2, 0.25) is 10.0 Å². The Morgan fingerprint density at radius 2 is 1.83 bits per heavy atom. The maximum atomic E-state index is 15.9. The van der Waals surface area contributed by atoms with Crippen LogP contribution >= 0.6 is 23.2 Å². The number of aliphatic hydroxyl groups excluding tert-OH is 1. The third kappa shape index (κ3) is 4.31. The van der Waals surface area contributed by atoms with Gasteiger partial charge in [0.25, 0.3) is 0 Å². The number of carbonyl (C=O) groups excluding carboxylic acids is 2. The summed E-state index contributed by atoms with van der Waals surface area (Å²) >= 11 is 12.3. The lowest BCUT2D eigenvalue weighted by Crippen LogP contribution is -2.70. The number of hydrogen-bond acceptors (Lipinski definition) is 5. The first-order chi connectivity index (χ1) is 20.0. The summed E-state index contributed by atoms with van der Waals surface area (Å²) < 4.78 is 64.9. The van der Waals surface area contributed by atoms with Crippen LogP contribution in [-0.4, -0.2) is 61.0 Å². The van der Waals surface area contributed by atoms with Crippen molar-refractivity contribution in [3.63, 3.8) is 0 Å². The highest BCUT2D eigenvalue weighted by atomic mass is 35.5. The van der Waals surface area contributed by atoms with E-state index in [1.807, 2.05) is 0 Å². The number of rotatable bonds is 7. The summed E-state index contributed by atoms with van der Waals surface area (Å²) in [6.45, 7) is -1.90. The lowest BCUT2D eigenvalue weighted by molar-refractivity contribution is -0.131. The minimum absolute atomic E-state index is 0.00436. The number of nitrogens with one attached hydrogen (secondary N) is 2. The topological polar surface area (TPSA) is 87.7 Å². The lowest BCUT2D eigenvalue weighted by atomic mass is 9.46. The molecule has 42 heavy (non-hydrogen) atoms. The Hall–Kier alpha value is -2.24. The molecule has 0 aromatic heterocycles. The molecule has 4 aliphatic rings. The number of amides is 1. The molecule has 0 radical (unpaired) electrons. The molecule has 1 aliphatic carbocycles. The van der Waals surface area contributed by atoms with Crippen molar-refractivity contribution in [3.8, 4) is 0 Å². The van der Waals surface area contributed by atoms with E-state index in [2.05, 4.69) is 10.6 Å². The molecule has 2 aromatic carbocycles. The number of carbonyl (C=O) groups is 2. The number of ketones is 1. The zero-order chi connectivity index (χ0) is 30.0. The van der Waals surface area contributed by atoms with Crippen LogP contribution < -0.4 is 10.6 Å². The number of alkyl halides is 2. The van der Waals surface area contributed by atoms with Gasteiger partial charge >= 0.3 is 0 Å². The standard InChI is InChI=1S/C30H30Cl2F4N2O4/c31-16-2-4-20-22(6-16)37-27(41)30(20)24(19-7-17(35)8-21(32)25(19)36)26(38-29(30)11-28(12-29,13-33)14-34)23(40)5-15-1-3-18(9-39)42-10-15/h2,4,6-8,15,18,24,26,38-39H,1,3,5,9-14H2,(H,37,41)/t15-,18-,24-,26-,30+/m0/s1. The first-order valence-corrected chi connectivity index (χ1v) is 14.7. The molecular weight excluding hydrogens is 599 g/mol. The van der Waals surface area contributed by atoms with Crippen molar-refractivity contribution in [3.05, 3.63) is 63.1 Å². The predicted molar refractivity (Wildman–Crippen MR) is 148 cm³/mol. The zero-order valence-corrected chi connectivity index (χ0v) is 24.0. The molecule has 12 heteroatoms. The van der Waals surface area contributed by atoms with E-state index in [0.29, 0.717) is 29.1 Å². The van der Waals surface area contributed by atoms with E-state index in [9.17, 15) is 27.9 Å². The smallest absolute Gasteiger partial charge is 0.237 e. The lowest BCUT2D eigenvalue weighted by Gasteiger charge is -2.59. The zero-order valence-electron chi connectivity index (χ0n) is 22.5. The average Bonchev–Trinajstić information content (AvgIpc) is 3.42. The summed E-state index contributed by atoms with van der Waals surface area (Å²) in [4.78, 5) is 28.4. The SMILES string of the molecule is O=C(C[C@@H]1CC[C@@H](CO)OC1)[C@@H]1NC2(CC(CF)(CF)C2)[C@@]2(C(=O)Nc3cc(Cl)ccc32)[C@H]1c1cc(F)cc(Cl)c1F. The molecular formula is C30H30Cl2F4N2O4. The van der Waals surface area contributed by atoms with Crippen LogP contribution in [0.15, 0.2) is 30.3 Å². The van der Waals surface area contributed by atoms with Gasteiger partial charge in [0, 0.05) is 34.0 Å². The molecule has 3 heterocycles. The molecule has 6 rings (SSSR count). The fourth-order valence-electron chi connectivity index (χ4n) is 8.03. The number of ether oxygens (including phenoxy) is 1. The van der Waals surface area contributed by atoms with E-state index < -0.39 is 64.2 Å². The van der Waals surface area contributed by atoms with Crippen LogP contribution in [0.5, 0.6) is 0 Å². The van der Waals surface area contributed by atoms with E-state index >= 15 is 4.39 Å². The molecule has 1 amide bonds. The number of aliphatic hydroxyl groups is 1. The Kier molecular flexibility index (Phi) is 7.62. The van der Waals surface area contributed by atoms with Gasteiger partial charge in [-0.25, -0.2) is 8.78 Å². The Bertz CT molecular complexity index is 1420. The molecule has 3 fully saturated rings. The van der Waals surface area contributed by atoms with Crippen LogP contribution in [0.25, 0.3) is 0 Å². The van der Waals surface area contributed by atoms with E-state index in [4.69, 9.17) is 27.9 Å². The second-order valence-corrected chi connectivity index (χ2v) is 13.1. The highest BCUT2D eigenvalue weighted by Gasteiger charge is 2.78. The van der Waals surface area contributed by atoms with Crippen molar-refractivity contribution >= 4 is 40.6 Å². The molecule has 2 spiro atoms. The van der Waals surface area contributed by atoms with E-state index in [1.165, 1.54) is 6.07 Å². The number of halogens is 6. The highest BCUT2D eigenvalue weighted by molar-refractivity contribution is 6.31. The maximum Gasteiger partial charge on any atom is 0.237 e. The Morgan fingerprint density at radius 1 is 1.10 bits per heavy atom. The Labute approximate surface area is 250 Å². The molecule has 226 valence electrons. The summed E-state index contributed by atoms with van der Waals surface area (Å²) in [6, 6.07) is 5.17. The van der Waals surface area contributed by atoms with Crippen LogP contribution in [0.3, 0.4) is 0 Å². The molecule has 2 saturated heterocycles.